The van der Waals surface area contributed by atoms with Crippen molar-refractivity contribution in [3.63, 3.8) is 0 Å². The van der Waals surface area contributed by atoms with E-state index in [-0.39, 0.29) is 13.1 Å². The summed E-state index contributed by atoms with van der Waals surface area (Å²) in [5.74, 6) is 0. The molecule has 0 saturated heterocycles. The lowest BCUT2D eigenvalue weighted by Crippen LogP contribution is -2.11. The van der Waals surface area contributed by atoms with Crippen molar-refractivity contribution in [1.82, 2.24) is 9.78 Å². The van der Waals surface area contributed by atoms with Crippen LogP contribution in [0.2, 0.25) is 0 Å². The highest BCUT2D eigenvalue weighted by Crippen LogP contribution is 2.27. The monoisotopic (exact) mass is 205 g/mol. The fourth-order valence-electron chi connectivity index (χ4n) is 0.895. The number of nitrogens with two attached hydrogens (primary N) is 1. The fourth-order valence-corrected chi connectivity index (χ4v) is 0.895. The summed E-state index contributed by atoms with van der Waals surface area (Å²) in [5.41, 5.74) is 4.98. The van der Waals surface area contributed by atoms with Crippen molar-refractivity contribution in [3.8, 4) is 0 Å². The molecule has 78 valence electrons. The van der Waals surface area contributed by atoms with E-state index in [2.05, 4.69) is 11.7 Å². The Kier molecular flexibility index (Phi) is 2.95. The number of halogens is 3. The molecule has 0 unspecified atom stereocenters. The average molecular weight is 205 g/mol. The summed E-state index contributed by atoms with van der Waals surface area (Å²) in [7, 11) is 0. The zero-order chi connectivity index (χ0) is 10.8. The highest BCUT2D eigenvalue weighted by molar-refractivity contribution is 5.05. The van der Waals surface area contributed by atoms with Gasteiger partial charge in [-0.3, -0.25) is 4.68 Å². The van der Waals surface area contributed by atoms with Gasteiger partial charge in [-0.25, -0.2) is 0 Å². The van der Waals surface area contributed by atoms with E-state index in [9.17, 15) is 13.2 Å². The van der Waals surface area contributed by atoms with Crippen molar-refractivity contribution in [1.29, 1.82) is 0 Å². The number of nitrogens with zero attached hydrogens (tertiary/aromatic N) is 2. The van der Waals surface area contributed by atoms with Crippen molar-refractivity contribution in [2.24, 2.45) is 5.73 Å². The normalized spacial score (nSPS) is 11.7. The Bertz CT molecular complexity index is 327. The van der Waals surface area contributed by atoms with E-state index in [0.29, 0.717) is 5.57 Å². The molecular weight excluding hydrogens is 195 g/mol. The van der Waals surface area contributed by atoms with Crippen LogP contribution in [-0.4, -0.2) is 16.3 Å². The zero-order valence-electron chi connectivity index (χ0n) is 7.38. The lowest BCUT2D eigenvalue weighted by atomic mass is 10.3. The van der Waals surface area contributed by atoms with Gasteiger partial charge in [-0.15, -0.1) is 0 Å². The van der Waals surface area contributed by atoms with Crippen LogP contribution < -0.4 is 5.73 Å². The zero-order valence-corrected chi connectivity index (χ0v) is 7.38. The Morgan fingerprint density at radius 1 is 1.57 bits per heavy atom. The van der Waals surface area contributed by atoms with Gasteiger partial charge in [0, 0.05) is 12.7 Å². The number of rotatable bonds is 3. The minimum Gasteiger partial charge on any atom is -0.327 e. The maximum absolute atomic E-state index is 12.1. The SMILES string of the molecule is C=C(CN)Cn1ccc(C(F)(F)F)n1. The lowest BCUT2D eigenvalue weighted by Gasteiger charge is -2.03. The van der Waals surface area contributed by atoms with E-state index in [4.69, 9.17) is 5.73 Å². The van der Waals surface area contributed by atoms with Crippen molar-refractivity contribution < 1.29 is 13.2 Å². The topological polar surface area (TPSA) is 43.8 Å². The van der Waals surface area contributed by atoms with Gasteiger partial charge in [0.1, 0.15) is 0 Å². The fraction of sp³-hybridized carbons (Fsp3) is 0.375. The van der Waals surface area contributed by atoms with E-state index < -0.39 is 11.9 Å². The second-order valence-corrected chi connectivity index (χ2v) is 2.85. The van der Waals surface area contributed by atoms with Gasteiger partial charge in [-0.2, -0.15) is 18.3 Å². The average Bonchev–Trinajstić information content (AvgIpc) is 2.51. The molecule has 1 heterocycles. The quantitative estimate of drug-likeness (QED) is 0.758. The standard InChI is InChI=1S/C8H10F3N3/c1-6(4-12)5-14-3-2-7(13-14)8(9,10)11/h2-3H,1,4-5,12H2. The molecule has 0 aliphatic heterocycles. The summed E-state index contributed by atoms with van der Waals surface area (Å²) in [6, 6.07) is 0.920. The Morgan fingerprint density at radius 3 is 2.64 bits per heavy atom. The van der Waals surface area contributed by atoms with Gasteiger partial charge < -0.3 is 5.73 Å². The van der Waals surface area contributed by atoms with Crippen LogP contribution in [-0.2, 0) is 12.7 Å². The van der Waals surface area contributed by atoms with Crippen molar-refractivity contribution in [2.45, 2.75) is 12.7 Å². The van der Waals surface area contributed by atoms with Gasteiger partial charge in [0.2, 0.25) is 0 Å². The summed E-state index contributed by atoms with van der Waals surface area (Å²) in [4.78, 5) is 0. The first kappa shape index (κ1) is 10.8. The van der Waals surface area contributed by atoms with E-state index >= 15 is 0 Å². The Morgan fingerprint density at radius 2 is 2.21 bits per heavy atom. The number of hydrogen-bond acceptors (Lipinski definition) is 2. The Hall–Kier alpha value is -1.30. The predicted octanol–water partition coefficient (Wildman–Crippen LogP) is 1.42. The summed E-state index contributed by atoms with van der Waals surface area (Å²) >= 11 is 0. The van der Waals surface area contributed by atoms with E-state index in [1.807, 2.05) is 0 Å². The number of hydrogen-bond donors (Lipinski definition) is 1. The minimum absolute atomic E-state index is 0.215. The molecule has 0 aliphatic rings. The van der Waals surface area contributed by atoms with Gasteiger partial charge in [0.05, 0.1) is 6.54 Å². The molecule has 0 radical (unpaired) electrons. The molecule has 0 bridgehead atoms. The third-order valence-electron chi connectivity index (χ3n) is 1.61. The molecule has 0 amide bonds. The maximum atomic E-state index is 12.1. The van der Waals surface area contributed by atoms with Gasteiger partial charge in [0.15, 0.2) is 5.69 Å². The molecule has 2 N–H and O–H groups in total. The molecule has 1 aromatic heterocycles. The van der Waals surface area contributed by atoms with Gasteiger partial charge >= 0.3 is 6.18 Å². The second kappa shape index (κ2) is 3.83. The number of alkyl halides is 3. The van der Waals surface area contributed by atoms with Crippen LogP contribution >= 0.6 is 0 Å². The Labute approximate surface area is 79.0 Å². The van der Waals surface area contributed by atoms with Crippen LogP contribution in [0.15, 0.2) is 24.4 Å². The summed E-state index contributed by atoms with van der Waals surface area (Å²) in [5, 5.41) is 3.34. The van der Waals surface area contributed by atoms with E-state index in [1.54, 1.807) is 0 Å². The van der Waals surface area contributed by atoms with E-state index in [1.165, 1.54) is 6.20 Å². The molecule has 0 saturated carbocycles. The molecule has 3 nitrogen and oxygen atoms in total. The van der Waals surface area contributed by atoms with Crippen molar-refractivity contribution in [3.05, 3.63) is 30.1 Å². The first-order valence-corrected chi connectivity index (χ1v) is 3.91. The van der Waals surface area contributed by atoms with Gasteiger partial charge in [0.25, 0.3) is 0 Å². The summed E-state index contributed by atoms with van der Waals surface area (Å²) in [6.45, 7) is 4.02. The minimum atomic E-state index is -4.39. The second-order valence-electron chi connectivity index (χ2n) is 2.85. The molecule has 0 fully saturated rings. The smallest absolute Gasteiger partial charge is 0.327 e. The molecule has 14 heavy (non-hydrogen) atoms. The molecule has 6 heteroatoms. The van der Waals surface area contributed by atoms with Crippen LogP contribution in [0.1, 0.15) is 5.69 Å². The summed E-state index contributed by atoms with van der Waals surface area (Å²) < 4.78 is 37.5. The lowest BCUT2D eigenvalue weighted by molar-refractivity contribution is -0.141. The van der Waals surface area contributed by atoms with Gasteiger partial charge in [-0.05, 0) is 11.6 Å². The predicted molar refractivity (Wildman–Crippen MR) is 45.4 cm³/mol. The van der Waals surface area contributed by atoms with Crippen LogP contribution in [0.5, 0.6) is 0 Å². The van der Waals surface area contributed by atoms with Crippen LogP contribution in [0.4, 0.5) is 13.2 Å². The molecule has 0 aliphatic carbocycles. The summed E-state index contributed by atoms with van der Waals surface area (Å²) in [6.07, 6.45) is -3.14. The molecule has 0 spiro atoms. The van der Waals surface area contributed by atoms with Crippen LogP contribution in [0, 0.1) is 0 Å². The molecule has 0 atom stereocenters. The first-order chi connectivity index (χ1) is 6.43. The highest BCUT2D eigenvalue weighted by Gasteiger charge is 2.33. The largest absolute Gasteiger partial charge is 0.435 e. The molecule has 1 aromatic rings. The van der Waals surface area contributed by atoms with Crippen LogP contribution in [0.25, 0.3) is 0 Å². The number of aromatic nitrogens is 2. The maximum Gasteiger partial charge on any atom is 0.435 e. The molecular formula is C8H10F3N3. The van der Waals surface area contributed by atoms with Crippen molar-refractivity contribution in [2.75, 3.05) is 6.54 Å². The van der Waals surface area contributed by atoms with Gasteiger partial charge in [-0.1, -0.05) is 6.58 Å². The Balaban J connectivity index is 2.74. The molecule has 0 aromatic carbocycles. The molecule has 1 rings (SSSR count). The third-order valence-corrected chi connectivity index (χ3v) is 1.61. The van der Waals surface area contributed by atoms with Crippen LogP contribution in [0.3, 0.4) is 0 Å². The third kappa shape index (κ3) is 2.59. The van der Waals surface area contributed by atoms with Crippen molar-refractivity contribution >= 4 is 0 Å². The first-order valence-electron chi connectivity index (χ1n) is 3.91. The van der Waals surface area contributed by atoms with E-state index in [0.717, 1.165) is 10.7 Å². The highest BCUT2D eigenvalue weighted by atomic mass is 19.4.